The SMILES string of the molecule is N#Cc1ccc(NC(=O)CNc2ccc(N3CCCC3)cc2)cc1. The fraction of sp³-hybridized carbons (Fsp3) is 0.263. The summed E-state index contributed by atoms with van der Waals surface area (Å²) >= 11 is 0. The van der Waals surface area contributed by atoms with Gasteiger partial charge < -0.3 is 15.5 Å². The summed E-state index contributed by atoms with van der Waals surface area (Å²) in [5, 5.41) is 14.7. The first-order valence-electron chi connectivity index (χ1n) is 8.13. The van der Waals surface area contributed by atoms with E-state index in [1.54, 1.807) is 24.3 Å². The molecular formula is C19H20N4O. The predicted molar refractivity (Wildman–Crippen MR) is 96.2 cm³/mol. The predicted octanol–water partition coefficient (Wildman–Crippen LogP) is 3.21. The van der Waals surface area contributed by atoms with Crippen LogP contribution in [0.5, 0.6) is 0 Å². The Labute approximate surface area is 141 Å². The maximum atomic E-state index is 12.0. The van der Waals surface area contributed by atoms with E-state index in [1.807, 2.05) is 12.1 Å². The molecule has 1 heterocycles. The number of hydrogen-bond donors (Lipinski definition) is 2. The van der Waals surface area contributed by atoms with Gasteiger partial charge in [-0.3, -0.25) is 4.79 Å². The van der Waals surface area contributed by atoms with Crippen molar-refractivity contribution in [3.05, 3.63) is 54.1 Å². The minimum atomic E-state index is -0.122. The maximum Gasteiger partial charge on any atom is 0.243 e. The van der Waals surface area contributed by atoms with Crippen molar-refractivity contribution in [1.29, 1.82) is 5.26 Å². The van der Waals surface area contributed by atoms with E-state index in [4.69, 9.17) is 5.26 Å². The second kappa shape index (κ2) is 7.51. The number of nitrogens with one attached hydrogen (secondary N) is 2. The van der Waals surface area contributed by atoms with Crippen molar-refractivity contribution in [2.45, 2.75) is 12.8 Å². The Bertz CT molecular complexity index is 725. The van der Waals surface area contributed by atoms with Crippen molar-refractivity contribution in [2.24, 2.45) is 0 Å². The van der Waals surface area contributed by atoms with E-state index < -0.39 is 0 Å². The molecule has 2 aromatic rings. The summed E-state index contributed by atoms with van der Waals surface area (Å²) in [4.78, 5) is 14.3. The van der Waals surface area contributed by atoms with Crippen molar-refractivity contribution in [2.75, 3.05) is 35.2 Å². The van der Waals surface area contributed by atoms with Crippen LogP contribution in [0.2, 0.25) is 0 Å². The van der Waals surface area contributed by atoms with Gasteiger partial charge in [0.2, 0.25) is 5.91 Å². The van der Waals surface area contributed by atoms with Gasteiger partial charge in [0.05, 0.1) is 18.2 Å². The normalized spacial score (nSPS) is 13.4. The first-order chi connectivity index (χ1) is 11.7. The van der Waals surface area contributed by atoms with E-state index in [2.05, 4.69) is 33.7 Å². The third kappa shape index (κ3) is 4.05. The first-order valence-corrected chi connectivity index (χ1v) is 8.13. The van der Waals surface area contributed by atoms with Crippen LogP contribution in [0.1, 0.15) is 18.4 Å². The summed E-state index contributed by atoms with van der Waals surface area (Å²) in [5.41, 5.74) is 3.42. The van der Waals surface area contributed by atoms with Gasteiger partial charge in [-0.1, -0.05) is 0 Å². The number of carbonyl (C=O) groups excluding carboxylic acids is 1. The molecule has 5 nitrogen and oxygen atoms in total. The molecule has 2 N–H and O–H groups in total. The van der Waals surface area contributed by atoms with Gasteiger partial charge in [0.25, 0.3) is 0 Å². The molecule has 0 spiro atoms. The van der Waals surface area contributed by atoms with Crippen LogP contribution in [0, 0.1) is 11.3 Å². The molecule has 0 bridgehead atoms. The highest BCUT2D eigenvalue weighted by atomic mass is 16.1. The van der Waals surface area contributed by atoms with Gasteiger partial charge in [0.1, 0.15) is 0 Å². The summed E-state index contributed by atoms with van der Waals surface area (Å²) in [5.74, 6) is -0.122. The van der Waals surface area contributed by atoms with Gasteiger partial charge in [-0.05, 0) is 61.4 Å². The van der Waals surface area contributed by atoms with Crippen LogP contribution in [-0.2, 0) is 4.79 Å². The Kier molecular flexibility index (Phi) is 4.97. The lowest BCUT2D eigenvalue weighted by molar-refractivity contribution is -0.114. The third-order valence-corrected chi connectivity index (χ3v) is 4.09. The highest BCUT2D eigenvalue weighted by molar-refractivity contribution is 5.93. The second-order valence-electron chi connectivity index (χ2n) is 5.83. The molecule has 2 aromatic carbocycles. The monoisotopic (exact) mass is 320 g/mol. The Balaban J connectivity index is 1.49. The molecule has 1 aliphatic rings. The van der Waals surface area contributed by atoms with Gasteiger partial charge in [0, 0.05) is 30.2 Å². The molecule has 0 atom stereocenters. The maximum absolute atomic E-state index is 12.0. The van der Waals surface area contributed by atoms with Crippen molar-refractivity contribution < 1.29 is 4.79 Å². The molecule has 0 aromatic heterocycles. The van der Waals surface area contributed by atoms with Crippen LogP contribution in [0.15, 0.2) is 48.5 Å². The number of benzene rings is 2. The second-order valence-corrected chi connectivity index (χ2v) is 5.83. The Morgan fingerprint density at radius 3 is 2.25 bits per heavy atom. The van der Waals surface area contributed by atoms with Crippen LogP contribution in [-0.4, -0.2) is 25.5 Å². The molecule has 0 radical (unpaired) electrons. The number of nitriles is 1. The van der Waals surface area contributed by atoms with E-state index in [1.165, 1.54) is 18.5 Å². The fourth-order valence-corrected chi connectivity index (χ4v) is 2.78. The molecule has 0 unspecified atom stereocenters. The van der Waals surface area contributed by atoms with Crippen LogP contribution in [0.25, 0.3) is 0 Å². The quantitative estimate of drug-likeness (QED) is 0.887. The Morgan fingerprint density at radius 1 is 1.00 bits per heavy atom. The molecule has 1 amide bonds. The van der Waals surface area contributed by atoms with Gasteiger partial charge in [0.15, 0.2) is 0 Å². The molecular weight excluding hydrogens is 300 g/mol. The number of nitrogens with zero attached hydrogens (tertiary/aromatic N) is 2. The molecule has 24 heavy (non-hydrogen) atoms. The summed E-state index contributed by atoms with van der Waals surface area (Å²) in [6, 6.07) is 17.0. The van der Waals surface area contributed by atoms with Crippen LogP contribution in [0.3, 0.4) is 0 Å². The molecule has 1 saturated heterocycles. The topological polar surface area (TPSA) is 68.2 Å². The van der Waals surface area contributed by atoms with Gasteiger partial charge in [-0.25, -0.2) is 0 Å². The Hall–Kier alpha value is -3.00. The van der Waals surface area contributed by atoms with Crippen LogP contribution in [0.4, 0.5) is 17.1 Å². The van der Waals surface area contributed by atoms with E-state index >= 15 is 0 Å². The number of rotatable bonds is 5. The highest BCUT2D eigenvalue weighted by Crippen LogP contribution is 2.21. The van der Waals surface area contributed by atoms with Gasteiger partial charge in [-0.2, -0.15) is 5.26 Å². The molecule has 3 rings (SSSR count). The molecule has 0 saturated carbocycles. The minimum absolute atomic E-state index is 0.122. The fourth-order valence-electron chi connectivity index (χ4n) is 2.78. The molecule has 1 aliphatic heterocycles. The number of amides is 1. The smallest absolute Gasteiger partial charge is 0.243 e. The van der Waals surface area contributed by atoms with Crippen molar-refractivity contribution in [3.63, 3.8) is 0 Å². The van der Waals surface area contributed by atoms with Crippen molar-refractivity contribution >= 4 is 23.0 Å². The van der Waals surface area contributed by atoms with E-state index in [-0.39, 0.29) is 12.5 Å². The zero-order chi connectivity index (χ0) is 16.8. The van der Waals surface area contributed by atoms with Crippen LogP contribution >= 0.6 is 0 Å². The minimum Gasteiger partial charge on any atom is -0.376 e. The summed E-state index contributed by atoms with van der Waals surface area (Å²) in [6.07, 6.45) is 2.52. The van der Waals surface area contributed by atoms with Crippen molar-refractivity contribution in [3.8, 4) is 6.07 Å². The largest absolute Gasteiger partial charge is 0.376 e. The molecule has 1 fully saturated rings. The average Bonchev–Trinajstić information content (AvgIpc) is 3.16. The van der Waals surface area contributed by atoms with E-state index in [9.17, 15) is 4.79 Å². The van der Waals surface area contributed by atoms with Crippen LogP contribution < -0.4 is 15.5 Å². The van der Waals surface area contributed by atoms with E-state index in [0.717, 1.165) is 18.8 Å². The lowest BCUT2D eigenvalue weighted by atomic mass is 10.2. The highest BCUT2D eigenvalue weighted by Gasteiger charge is 2.11. The third-order valence-electron chi connectivity index (χ3n) is 4.09. The molecule has 0 aliphatic carbocycles. The zero-order valence-electron chi connectivity index (χ0n) is 13.5. The number of carbonyl (C=O) groups is 1. The summed E-state index contributed by atoms with van der Waals surface area (Å²) in [6.45, 7) is 2.45. The van der Waals surface area contributed by atoms with Crippen molar-refractivity contribution in [1.82, 2.24) is 0 Å². The Morgan fingerprint density at radius 2 is 1.62 bits per heavy atom. The summed E-state index contributed by atoms with van der Waals surface area (Å²) < 4.78 is 0. The molecule has 5 heteroatoms. The van der Waals surface area contributed by atoms with Gasteiger partial charge in [-0.15, -0.1) is 0 Å². The van der Waals surface area contributed by atoms with Gasteiger partial charge >= 0.3 is 0 Å². The van der Waals surface area contributed by atoms with E-state index in [0.29, 0.717) is 11.3 Å². The average molecular weight is 320 g/mol. The lowest BCUT2D eigenvalue weighted by Crippen LogP contribution is -2.22. The number of hydrogen-bond acceptors (Lipinski definition) is 4. The first kappa shape index (κ1) is 15.9. The zero-order valence-corrected chi connectivity index (χ0v) is 13.5. The standard InChI is InChI=1S/C19H20N4O/c20-13-15-3-5-17(6-4-15)22-19(24)14-21-16-7-9-18(10-8-16)23-11-1-2-12-23/h3-10,21H,1-2,11-12,14H2,(H,22,24). The lowest BCUT2D eigenvalue weighted by Gasteiger charge is -2.18. The summed E-state index contributed by atoms with van der Waals surface area (Å²) in [7, 11) is 0. The number of anilines is 3. The molecule has 122 valence electrons.